The van der Waals surface area contributed by atoms with Crippen LogP contribution in [0, 0.1) is 0 Å². The summed E-state index contributed by atoms with van der Waals surface area (Å²) in [6.45, 7) is -0.859. The van der Waals surface area contributed by atoms with Crippen molar-refractivity contribution in [3.63, 3.8) is 0 Å². The second kappa shape index (κ2) is 5.66. The molecule has 0 aliphatic carbocycles. The first-order valence-corrected chi connectivity index (χ1v) is 6.18. The third-order valence-electron chi connectivity index (χ3n) is 3.10. The molecule has 128 valence electrons. The van der Waals surface area contributed by atoms with E-state index in [0.717, 1.165) is 0 Å². The molecule has 1 saturated heterocycles. The first kappa shape index (κ1) is 17.5. The molecule has 0 saturated carbocycles. The Balaban J connectivity index is 1.93. The van der Waals surface area contributed by atoms with E-state index >= 15 is 0 Å². The molecule has 23 heavy (non-hydrogen) atoms. The zero-order valence-electron chi connectivity index (χ0n) is 11.1. The zero-order valence-corrected chi connectivity index (χ0v) is 11.1. The van der Waals surface area contributed by atoms with Gasteiger partial charge in [0.25, 0.3) is 0 Å². The second-order valence-corrected chi connectivity index (χ2v) is 4.75. The number of alkyl halides is 7. The average molecular weight is 346 g/mol. The maximum absolute atomic E-state index is 13.0. The van der Waals surface area contributed by atoms with Gasteiger partial charge in [-0.1, -0.05) is 30.3 Å². The summed E-state index contributed by atoms with van der Waals surface area (Å²) in [4.78, 5) is 10.9. The zero-order chi connectivity index (χ0) is 17.5. The highest BCUT2D eigenvalue weighted by Crippen LogP contribution is 2.47. The van der Waals surface area contributed by atoms with Gasteiger partial charge in [-0.05, 0) is 5.56 Å². The molecule has 2 rings (SSSR count). The Bertz CT molecular complexity index is 571. The Labute approximate surface area is 125 Å². The summed E-state index contributed by atoms with van der Waals surface area (Å²) in [6.07, 6.45) is -8.06. The van der Waals surface area contributed by atoms with E-state index in [1.165, 1.54) is 0 Å². The summed E-state index contributed by atoms with van der Waals surface area (Å²) in [7, 11) is 0. The lowest BCUT2D eigenvalue weighted by molar-refractivity contribution is -0.348. The van der Waals surface area contributed by atoms with Crippen molar-refractivity contribution in [2.75, 3.05) is 6.61 Å². The monoisotopic (exact) mass is 346 g/mol. The Morgan fingerprint density at radius 2 is 1.61 bits per heavy atom. The molecule has 0 spiro atoms. The molecule has 1 aliphatic rings. The van der Waals surface area contributed by atoms with Crippen molar-refractivity contribution in [2.45, 2.75) is 30.2 Å². The molecule has 1 aromatic carbocycles. The van der Waals surface area contributed by atoms with Gasteiger partial charge >= 0.3 is 24.0 Å². The van der Waals surface area contributed by atoms with Crippen LogP contribution in [0.4, 0.5) is 30.7 Å². The lowest BCUT2D eigenvalue weighted by Gasteiger charge is -2.26. The molecule has 0 bridgehead atoms. The third kappa shape index (κ3) is 3.26. The number of epoxide rings is 1. The Hall–Kier alpha value is -1.84. The quantitative estimate of drug-likeness (QED) is 0.465. The summed E-state index contributed by atoms with van der Waals surface area (Å²) >= 11 is 0. The van der Waals surface area contributed by atoms with Crippen molar-refractivity contribution in [1.82, 2.24) is 0 Å². The van der Waals surface area contributed by atoms with Gasteiger partial charge in [0.05, 0.1) is 0 Å². The van der Waals surface area contributed by atoms with Crippen LogP contribution >= 0.6 is 0 Å². The van der Waals surface area contributed by atoms with E-state index in [0.29, 0.717) is 5.56 Å². The minimum absolute atomic E-state index is 0.597. The number of ether oxygens (including phenoxy) is 2. The number of rotatable bonds is 5. The summed E-state index contributed by atoms with van der Waals surface area (Å²) in [5.41, 5.74) is 0.626. The van der Waals surface area contributed by atoms with Crippen LogP contribution in [0.25, 0.3) is 0 Å². The first-order valence-electron chi connectivity index (χ1n) is 6.18. The van der Waals surface area contributed by atoms with E-state index in [1.807, 2.05) is 0 Å². The van der Waals surface area contributed by atoms with Gasteiger partial charge in [-0.3, -0.25) is 0 Å². The maximum Gasteiger partial charge on any atom is 0.460 e. The maximum atomic E-state index is 13.0. The molecule has 0 amide bonds. The molecule has 2 atom stereocenters. The van der Waals surface area contributed by atoms with Crippen LogP contribution in [0.15, 0.2) is 30.3 Å². The Kier molecular flexibility index (Phi) is 4.31. The molecule has 0 radical (unpaired) electrons. The normalized spacial score (nSPS) is 21.9. The molecule has 0 N–H and O–H groups in total. The smallest absolute Gasteiger partial charge is 0.458 e. The lowest BCUT2D eigenvalue weighted by Crippen LogP contribution is -2.56. The fourth-order valence-corrected chi connectivity index (χ4v) is 1.76. The lowest BCUT2D eigenvalue weighted by atomic mass is 10.1. The van der Waals surface area contributed by atoms with Crippen LogP contribution in [0.1, 0.15) is 11.7 Å². The first-order chi connectivity index (χ1) is 10.5. The highest BCUT2D eigenvalue weighted by atomic mass is 19.4. The molecular weight excluding hydrogens is 337 g/mol. The van der Waals surface area contributed by atoms with E-state index in [4.69, 9.17) is 4.74 Å². The molecule has 0 aromatic heterocycles. The van der Waals surface area contributed by atoms with Gasteiger partial charge < -0.3 is 9.47 Å². The predicted molar refractivity (Wildman–Crippen MR) is 61.0 cm³/mol. The summed E-state index contributed by atoms with van der Waals surface area (Å²) in [5.74, 6) is -15.5. The Morgan fingerprint density at radius 3 is 2.13 bits per heavy atom. The fraction of sp³-hybridized carbons (Fsp3) is 0.462. The van der Waals surface area contributed by atoms with E-state index in [-0.39, 0.29) is 0 Å². The number of carbonyl (C=O) groups excluding carboxylic acids is 1. The summed E-state index contributed by atoms with van der Waals surface area (Å²) in [6, 6.07) is 8.24. The summed E-state index contributed by atoms with van der Waals surface area (Å²) in [5, 5.41) is 0. The molecular formula is C13H9F7O3. The Morgan fingerprint density at radius 1 is 1.04 bits per heavy atom. The molecule has 3 nitrogen and oxygen atoms in total. The van der Waals surface area contributed by atoms with Crippen LogP contribution in [-0.4, -0.2) is 36.7 Å². The van der Waals surface area contributed by atoms with Gasteiger partial charge in [-0.2, -0.15) is 30.7 Å². The van der Waals surface area contributed by atoms with Gasteiger partial charge in [0.15, 0.2) is 0 Å². The van der Waals surface area contributed by atoms with Crippen molar-refractivity contribution >= 4 is 5.97 Å². The molecule has 1 aromatic rings. The predicted octanol–water partition coefficient (Wildman–Crippen LogP) is 3.50. The number of hydrogen-bond donors (Lipinski definition) is 0. The van der Waals surface area contributed by atoms with Crippen molar-refractivity contribution in [3.8, 4) is 0 Å². The highest BCUT2D eigenvalue weighted by Gasteiger charge is 2.77. The highest BCUT2D eigenvalue weighted by molar-refractivity contribution is 5.79. The molecule has 2 unspecified atom stereocenters. The largest absolute Gasteiger partial charge is 0.460 e. The van der Waals surface area contributed by atoms with Crippen molar-refractivity contribution < 1.29 is 45.0 Å². The number of benzene rings is 1. The minimum atomic E-state index is -6.59. The van der Waals surface area contributed by atoms with Crippen LogP contribution in [0.2, 0.25) is 0 Å². The van der Waals surface area contributed by atoms with Crippen molar-refractivity contribution in [3.05, 3.63) is 35.9 Å². The summed E-state index contributed by atoms with van der Waals surface area (Å²) < 4.78 is 95.9. The fourth-order valence-electron chi connectivity index (χ4n) is 1.76. The van der Waals surface area contributed by atoms with Crippen LogP contribution in [0.3, 0.4) is 0 Å². The van der Waals surface area contributed by atoms with Crippen molar-refractivity contribution in [2.24, 2.45) is 0 Å². The van der Waals surface area contributed by atoms with Crippen LogP contribution in [0.5, 0.6) is 0 Å². The van der Waals surface area contributed by atoms with E-state index in [1.54, 1.807) is 30.3 Å². The van der Waals surface area contributed by atoms with Gasteiger partial charge in [-0.25, -0.2) is 4.79 Å². The van der Waals surface area contributed by atoms with E-state index in [9.17, 15) is 35.5 Å². The SMILES string of the molecule is O=C(OCC1OC1c1ccccc1)C(F)(F)C(F)(F)C(F)(F)F. The minimum Gasteiger partial charge on any atom is -0.458 e. The third-order valence-corrected chi connectivity index (χ3v) is 3.10. The van der Waals surface area contributed by atoms with Crippen molar-refractivity contribution in [1.29, 1.82) is 0 Å². The molecule has 1 fully saturated rings. The number of esters is 1. The standard InChI is InChI=1S/C13H9F7O3/c14-11(15,12(16,17)13(18,19)20)10(21)22-6-8-9(23-8)7-4-2-1-3-5-7/h1-5,8-9H,6H2. The van der Waals surface area contributed by atoms with Gasteiger partial charge in [0.2, 0.25) is 0 Å². The molecule has 1 heterocycles. The number of halogens is 7. The molecule has 10 heteroatoms. The van der Waals surface area contributed by atoms with Crippen LogP contribution < -0.4 is 0 Å². The average Bonchev–Trinajstić information content (AvgIpc) is 3.23. The van der Waals surface area contributed by atoms with Gasteiger partial charge in [0.1, 0.15) is 18.8 Å². The molecule has 1 aliphatic heterocycles. The van der Waals surface area contributed by atoms with Crippen LogP contribution in [-0.2, 0) is 14.3 Å². The van der Waals surface area contributed by atoms with Gasteiger partial charge in [-0.15, -0.1) is 0 Å². The van der Waals surface area contributed by atoms with Gasteiger partial charge in [0, 0.05) is 0 Å². The topological polar surface area (TPSA) is 38.8 Å². The van der Waals surface area contributed by atoms with E-state index < -0.39 is 42.8 Å². The number of hydrogen-bond acceptors (Lipinski definition) is 3. The number of carbonyl (C=O) groups is 1. The second-order valence-electron chi connectivity index (χ2n) is 4.75. The van der Waals surface area contributed by atoms with E-state index in [2.05, 4.69) is 4.74 Å².